The predicted molar refractivity (Wildman–Crippen MR) is 90.4 cm³/mol. The second-order valence-corrected chi connectivity index (χ2v) is 7.86. The Morgan fingerprint density at radius 2 is 2.12 bits per heavy atom. The number of amides is 1. The zero-order chi connectivity index (χ0) is 16.4. The average molecular weight is 332 g/mol. The van der Waals surface area contributed by atoms with Gasteiger partial charge >= 0.3 is 0 Å². The monoisotopic (exact) mass is 332 g/mol. The summed E-state index contributed by atoms with van der Waals surface area (Å²) in [5.41, 5.74) is 1.47. The number of ether oxygens (including phenoxy) is 1. The molecule has 1 aromatic heterocycles. The van der Waals surface area contributed by atoms with Crippen LogP contribution >= 0.6 is 0 Å². The molecule has 3 heterocycles. The van der Waals surface area contributed by atoms with E-state index in [9.17, 15) is 4.79 Å². The topological polar surface area (TPSA) is 54.7 Å². The minimum atomic E-state index is 0.188. The van der Waals surface area contributed by atoms with Crippen molar-refractivity contribution in [1.82, 2.24) is 10.2 Å². The van der Waals surface area contributed by atoms with Crippen LogP contribution in [0, 0.1) is 11.3 Å². The van der Waals surface area contributed by atoms with Gasteiger partial charge in [0.15, 0.2) is 0 Å². The lowest BCUT2D eigenvalue weighted by atomic mass is 9.69. The van der Waals surface area contributed by atoms with E-state index in [-0.39, 0.29) is 17.4 Å². The van der Waals surface area contributed by atoms with Crippen LogP contribution in [-0.4, -0.2) is 43.2 Å². The van der Waals surface area contributed by atoms with E-state index in [4.69, 9.17) is 9.15 Å². The number of nitrogens with zero attached hydrogens (tertiary/aromatic N) is 1. The van der Waals surface area contributed by atoms with Crippen LogP contribution in [-0.2, 0) is 16.1 Å². The highest BCUT2D eigenvalue weighted by Crippen LogP contribution is 2.41. The number of likely N-dealkylation sites (tertiary alicyclic amines) is 1. The van der Waals surface area contributed by atoms with Gasteiger partial charge in [0, 0.05) is 25.1 Å². The first-order valence-corrected chi connectivity index (χ1v) is 9.34. The van der Waals surface area contributed by atoms with Gasteiger partial charge in [0.05, 0.1) is 25.2 Å². The minimum absolute atomic E-state index is 0.188. The molecule has 4 rings (SSSR count). The van der Waals surface area contributed by atoms with Crippen LogP contribution in [0.25, 0.3) is 0 Å². The van der Waals surface area contributed by atoms with Crippen molar-refractivity contribution >= 4 is 5.91 Å². The summed E-state index contributed by atoms with van der Waals surface area (Å²) in [6, 6.07) is 2.23. The minimum Gasteiger partial charge on any atom is -0.472 e. The van der Waals surface area contributed by atoms with Gasteiger partial charge in [0.25, 0.3) is 0 Å². The van der Waals surface area contributed by atoms with Crippen molar-refractivity contribution in [1.29, 1.82) is 0 Å². The molecule has 1 aromatic rings. The number of carbonyl (C=O) groups excluding carboxylic acids is 1. The van der Waals surface area contributed by atoms with E-state index < -0.39 is 0 Å². The molecule has 3 fully saturated rings. The summed E-state index contributed by atoms with van der Waals surface area (Å²) in [5.74, 6) is 0.871. The highest BCUT2D eigenvalue weighted by molar-refractivity contribution is 5.77. The summed E-state index contributed by atoms with van der Waals surface area (Å²) in [4.78, 5) is 14.8. The Bertz CT molecular complexity index is 545. The number of hydrogen-bond acceptors (Lipinski definition) is 4. The smallest absolute Gasteiger partial charge is 0.220 e. The second-order valence-electron chi connectivity index (χ2n) is 7.86. The summed E-state index contributed by atoms with van der Waals surface area (Å²) in [5, 5.41) is 3.31. The Hall–Kier alpha value is -1.33. The third-order valence-electron chi connectivity index (χ3n) is 6.11. The van der Waals surface area contributed by atoms with E-state index >= 15 is 0 Å². The first kappa shape index (κ1) is 16.2. The van der Waals surface area contributed by atoms with Gasteiger partial charge in [-0.3, -0.25) is 9.69 Å². The first-order chi connectivity index (χ1) is 11.7. The number of carbonyl (C=O) groups is 1. The Balaban J connectivity index is 1.34. The molecule has 1 aliphatic carbocycles. The molecular formula is C19H28N2O3. The fraction of sp³-hybridized carbons (Fsp3) is 0.737. The number of nitrogens with one attached hydrogen (secondary N) is 1. The summed E-state index contributed by atoms with van der Waals surface area (Å²) in [6.45, 7) is 4.64. The molecular weight excluding hydrogens is 304 g/mol. The Morgan fingerprint density at radius 1 is 1.29 bits per heavy atom. The molecule has 1 amide bonds. The fourth-order valence-corrected chi connectivity index (χ4v) is 4.26. The van der Waals surface area contributed by atoms with Crippen LogP contribution in [0.4, 0.5) is 0 Å². The van der Waals surface area contributed by atoms with Crippen molar-refractivity contribution in [3.05, 3.63) is 24.2 Å². The van der Waals surface area contributed by atoms with E-state index in [1.165, 1.54) is 18.4 Å². The molecule has 2 aliphatic heterocycles. The highest BCUT2D eigenvalue weighted by atomic mass is 16.5. The van der Waals surface area contributed by atoms with Crippen LogP contribution in [0.5, 0.6) is 0 Å². The largest absolute Gasteiger partial charge is 0.472 e. The Morgan fingerprint density at radius 3 is 2.83 bits per heavy atom. The first-order valence-electron chi connectivity index (χ1n) is 9.34. The molecule has 0 radical (unpaired) electrons. The summed E-state index contributed by atoms with van der Waals surface area (Å²) >= 11 is 0. The van der Waals surface area contributed by atoms with Gasteiger partial charge in [-0.05, 0) is 62.6 Å². The van der Waals surface area contributed by atoms with Crippen molar-refractivity contribution in [3.63, 3.8) is 0 Å². The lowest BCUT2D eigenvalue weighted by Gasteiger charge is -2.49. The quantitative estimate of drug-likeness (QED) is 0.900. The van der Waals surface area contributed by atoms with E-state index in [0.717, 1.165) is 45.5 Å². The summed E-state index contributed by atoms with van der Waals surface area (Å²) in [7, 11) is 0. The van der Waals surface area contributed by atoms with E-state index in [2.05, 4.69) is 10.2 Å². The normalized spacial score (nSPS) is 27.2. The molecule has 1 saturated carbocycles. The third kappa shape index (κ3) is 3.67. The number of piperidine rings is 1. The van der Waals surface area contributed by atoms with E-state index in [0.29, 0.717) is 18.9 Å². The van der Waals surface area contributed by atoms with Crippen molar-refractivity contribution < 1.29 is 13.9 Å². The lowest BCUT2D eigenvalue weighted by molar-refractivity contribution is -0.127. The molecule has 5 heteroatoms. The summed E-state index contributed by atoms with van der Waals surface area (Å²) in [6.07, 6.45) is 10.1. The van der Waals surface area contributed by atoms with E-state index in [1.54, 1.807) is 6.26 Å². The Kier molecular flexibility index (Phi) is 4.63. The number of furan rings is 1. The van der Waals surface area contributed by atoms with Gasteiger partial charge in [-0.1, -0.05) is 0 Å². The van der Waals surface area contributed by atoms with Crippen molar-refractivity contribution in [3.8, 4) is 0 Å². The van der Waals surface area contributed by atoms with Crippen molar-refractivity contribution in [2.75, 3.05) is 26.3 Å². The van der Waals surface area contributed by atoms with Crippen molar-refractivity contribution in [2.24, 2.45) is 11.3 Å². The predicted octanol–water partition coefficient (Wildman–Crippen LogP) is 2.57. The second kappa shape index (κ2) is 6.89. The molecule has 0 unspecified atom stereocenters. The van der Waals surface area contributed by atoms with Crippen LogP contribution in [0.3, 0.4) is 0 Å². The van der Waals surface area contributed by atoms with Gasteiger partial charge in [-0.15, -0.1) is 0 Å². The number of hydrogen-bond donors (Lipinski definition) is 1. The molecule has 24 heavy (non-hydrogen) atoms. The fourth-order valence-electron chi connectivity index (χ4n) is 4.26. The van der Waals surface area contributed by atoms with Crippen LogP contribution < -0.4 is 5.32 Å². The van der Waals surface area contributed by atoms with Crippen LogP contribution in [0.1, 0.15) is 44.1 Å². The molecule has 2 saturated heterocycles. The van der Waals surface area contributed by atoms with Crippen LogP contribution in [0.2, 0.25) is 0 Å². The molecule has 0 aromatic carbocycles. The van der Waals surface area contributed by atoms with Gasteiger partial charge < -0.3 is 14.5 Å². The summed E-state index contributed by atoms with van der Waals surface area (Å²) < 4.78 is 10.9. The highest BCUT2D eigenvalue weighted by Gasteiger charge is 2.44. The molecule has 132 valence electrons. The molecule has 1 N–H and O–H groups in total. The standard InChI is InChI=1S/C19H28N2O3/c22-18(11-15-1-2-15)20-17-14-24-10-6-19(17)4-7-21(8-5-19)12-16-3-9-23-13-16/h3,9,13,15,17H,1-2,4-8,10-12,14H2,(H,20,22)/t17-/m1/s1. The lowest BCUT2D eigenvalue weighted by Crippen LogP contribution is -2.57. The molecule has 1 spiro atoms. The Labute approximate surface area is 143 Å². The molecule has 3 aliphatic rings. The van der Waals surface area contributed by atoms with Gasteiger partial charge in [-0.25, -0.2) is 0 Å². The van der Waals surface area contributed by atoms with Gasteiger partial charge in [-0.2, -0.15) is 0 Å². The maximum atomic E-state index is 12.3. The maximum Gasteiger partial charge on any atom is 0.220 e. The maximum absolute atomic E-state index is 12.3. The third-order valence-corrected chi connectivity index (χ3v) is 6.11. The van der Waals surface area contributed by atoms with Gasteiger partial charge in [0.1, 0.15) is 0 Å². The molecule has 1 atom stereocenters. The van der Waals surface area contributed by atoms with Crippen molar-refractivity contribution in [2.45, 2.75) is 51.1 Å². The van der Waals surface area contributed by atoms with E-state index in [1.807, 2.05) is 12.3 Å². The number of rotatable bonds is 5. The average Bonchev–Trinajstić information content (AvgIpc) is 3.24. The van der Waals surface area contributed by atoms with Gasteiger partial charge in [0.2, 0.25) is 5.91 Å². The zero-order valence-electron chi connectivity index (χ0n) is 14.3. The van der Waals surface area contributed by atoms with Crippen LogP contribution in [0.15, 0.2) is 23.0 Å². The zero-order valence-corrected chi connectivity index (χ0v) is 14.3. The molecule has 5 nitrogen and oxygen atoms in total. The SMILES string of the molecule is O=C(CC1CC1)N[C@@H]1COCCC12CCN(Cc1ccoc1)CC2. The molecule has 0 bridgehead atoms.